The monoisotopic (exact) mass is 600 g/mol. The van der Waals surface area contributed by atoms with Gasteiger partial charge in [-0.05, 0) is 12.1 Å². The number of carbonyl (C=O) groups is 1. The number of hydrogen-bond donors (Lipinski definition) is 1. The number of hydrogen-bond acceptors (Lipinski definition) is 6. The van der Waals surface area contributed by atoms with Crippen LogP contribution in [0.1, 0.15) is 10.5 Å². The van der Waals surface area contributed by atoms with Gasteiger partial charge in [0.15, 0.2) is 20.0 Å². The van der Waals surface area contributed by atoms with Gasteiger partial charge in [0.25, 0.3) is 0 Å². The molecule has 0 atom stereocenters. The molecule has 1 rings (SSSR count). The van der Waals surface area contributed by atoms with E-state index in [0.717, 1.165) is 4.13 Å². The van der Waals surface area contributed by atoms with E-state index < -0.39 is 37.0 Å². The minimum absolute atomic E-state index is 0. The van der Waals surface area contributed by atoms with E-state index >= 15 is 0 Å². The van der Waals surface area contributed by atoms with E-state index in [9.17, 15) is 48.0 Å². The maximum Gasteiger partial charge on any atom is 1.00 e. The summed E-state index contributed by atoms with van der Waals surface area (Å²) in [5, 5.41) is 8.32. The molecule has 25 heavy (non-hydrogen) atoms. The first kappa shape index (κ1) is 26.0. The molecule has 0 saturated carbocycles. The summed E-state index contributed by atoms with van der Waals surface area (Å²) >= 11 is 0. The number of nitrogens with zero attached hydrogens (tertiary/aromatic N) is 2. The zero-order valence-electron chi connectivity index (χ0n) is 11.1. The molecule has 0 amide bonds. The van der Waals surface area contributed by atoms with E-state index in [4.69, 9.17) is 5.11 Å². The maximum absolute atomic E-state index is 11.4. The Morgan fingerprint density at radius 1 is 0.960 bits per heavy atom. The molecule has 148 valence electrons. The standard InChI is InChI=1S/C6H5NO2.C2F6NO4S2.Au/c8-6(9)5-3-1-2-4-7-5;3-1(4,5)14(10,11)9-15(12,13)2(6,7)8;/h1-4H,(H,8,9);;/q;-1;+1. The van der Waals surface area contributed by atoms with Crippen molar-refractivity contribution < 1.29 is 75.5 Å². The van der Waals surface area contributed by atoms with Crippen molar-refractivity contribution in [2.45, 2.75) is 11.0 Å². The Kier molecular flexibility index (Phi) is 9.32. The van der Waals surface area contributed by atoms with Crippen molar-refractivity contribution in [1.82, 2.24) is 4.98 Å². The van der Waals surface area contributed by atoms with Gasteiger partial charge in [-0.15, -0.1) is 0 Å². The van der Waals surface area contributed by atoms with E-state index in [1.54, 1.807) is 12.1 Å². The van der Waals surface area contributed by atoms with Gasteiger partial charge in [0.05, 0.1) is 0 Å². The van der Waals surface area contributed by atoms with Crippen molar-refractivity contribution in [3.63, 3.8) is 0 Å². The second-order valence-corrected chi connectivity index (χ2v) is 6.86. The molecule has 0 radical (unpaired) electrons. The zero-order chi connectivity index (χ0) is 19.4. The third kappa shape index (κ3) is 8.15. The number of pyridine rings is 1. The molecule has 8 nitrogen and oxygen atoms in total. The van der Waals surface area contributed by atoms with Gasteiger partial charge in [0.2, 0.25) is 0 Å². The molecule has 1 aromatic heterocycles. The van der Waals surface area contributed by atoms with Gasteiger partial charge in [-0.3, -0.25) is 0 Å². The molecule has 0 aliphatic rings. The Morgan fingerprint density at radius 2 is 1.36 bits per heavy atom. The molecule has 1 aromatic rings. The first-order chi connectivity index (χ1) is 10.5. The van der Waals surface area contributed by atoms with E-state index in [1.165, 1.54) is 12.3 Å². The molecule has 0 spiro atoms. The molecule has 0 aromatic carbocycles. The number of aromatic carboxylic acids is 1. The van der Waals surface area contributed by atoms with Gasteiger partial charge in [-0.1, -0.05) is 6.07 Å². The summed E-state index contributed by atoms with van der Waals surface area (Å²) in [7, 11) is -13.4. The minimum atomic E-state index is -6.72. The molecule has 0 aliphatic heterocycles. The predicted octanol–water partition coefficient (Wildman–Crippen LogP) is 1.84. The van der Waals surface area contributed by atoms with Crippen molar-refractivity contribution >= 4 is 26.0 Å². The van der Waals surface area contributed by atoms with Gasteiger partial charge in [0.1, 0.15) is 5.69 Å². The van der Waals surface area contributed by atoms with Gasteiger partial charge in [-0.25, -0.2) is 26.6 Å². The molecule has 1 heterocycles. The fourth-order valence-electron chi connectivity index (χ4n) is 0.703. The van der Waals surface area contributed by atoms with Crippen LogP contribution >= 0.6 is 0 Å². The quantitative estimate of drug-likeness (QED) is 0.414. The fourth-order valence-corrected chi connectivity index (χ4v) is 2.41. The van der Waals surface area contributed by atoms with Crippen molar-refractivity contribution in [3.05, 3.63) is 34.2 Å². The number of carboxylic acids is 1. The maximum atomic E-state index is 11.4. The smallest absolute Gasteiger partial charge is 0.477 e. The Balaban J connectivity index is 0. The van der Waals surface area contributed by atoms with Crippen LogP contribution in [0, 0.1) is 0 Å². The molecular formula is C8H5AuF6N2O6S2. The molecule has 0 aliphatic carbocycles. The first-order valence-corrected chi connectivity index (χ1v) is 7.90. The largest absolute Gasteiger partial charge is 1.00 e. The molecule has 1 N–H and O–H groups in total. The Morgan fingerprint density at radius 3 is 1.56 bits per heavy atom. The zero-order valence-corrected chi connectivity index (χ0v) is 14.9. The third-order valence-electron chi connectivity index (χ3n) is 1.67. The molecule has 0 fully saturated rings. The molecule has 0 unspecified atom stereocenters. The van der Waals surface area contributed by atoms with Crippen molar-refractivity contribution in [2.24, 2.45) is 0 Å². The van der Waals surface area contributed by atoms with Crippen LogP contribution < -0.4 is 0 Å². The van der Waals surface area contributed by atoms with Gasteiger partial charge in [-0.2, -0.15) is 26.3 Å². The summed E-state index contributed by atoms with van der Waals surface area (Å²) in [4.78, 5) is 13.7. The Labute approximate surface area is 151 Å². The second kappa shape index (κ2) is 8.95. The van der Waals surface area contributed by atoms with E-state index in [-0.39, 0.29) is 28.1 Å². The van der Waals surface area contributed by atoms with Crippen LogP contribution in [-0.2, 0) is 42.4 Å². The van der Waals surface area contributed by atoms with Gasteiger partial charge in [0, 0.05) is 6.20 Å². The molecule has 0 saturated heterocycles. The summed E-state index contributed by atoms with van der Waals surface area (Å²) in [6, 6.07) is 4.76. The van der Waals surface area contributed by atoms with E-state index in [0.29, 0.717) is 0 Å². The van der Waals surface area contributed by atoms with Gasteiger partial charge < -0.3 is 9.23 Å². The minimum Gasteiger partial charge on any atom is -0.477 e. The number of sulfonamides is 2. The number of rotatable bonds is 3. The summed E-state index contributed by atoms with van der Waals surface area (Å²) in [6.45, 7) is 0. The number of alkyl halides is 6. The number of halogens is 6. The third-order valence-corrected chi connectivity index (χ3v) is 4.41. The summed E-state index contributed by atoms with van der Waals surface area (Å²) in [5.41, 5.74) is -12.3. The van der Waals surface area contributed by atoms with Crippen molar-refractivity contribution in [1.29, 1.82) is 0 Å². The molecule has 17 heteroatoms. The van der Waals surface area contributed by atoms with E-state index in [2.05, 4.69) is 4.98 Å². The van der Waals surface area contributed by atoms with Gasteiger partial charge >= 0.3 is 39.4 Å². The Bertz CT molecular complexity index is 736. The van der Waals surface area contributed by atoms with Crippen LogP contribution in [0.4, 0.5) is 26.3 Å². The SMILES string of the molecule is O=C(O)c1ccccn1.O=S(=O)([N-]S(=O)(=O)C(F)(F)F)C(F)(F)F.[Au+]. The second-order valence-electron chi connectivity index (χ2n) is 3.44. The van der Waals surface area contributed by atoms with Crippen LogP contribution in [0.15, 0.2) is 24.4 Å². The molecule has 0 bridgehead atoms. The summed E-state index contributed by atoms with van der Waals surface area (Å²) < 4.78 is 109. The van der Waals surface area contributed by atoms with Crippen LogP contribution in [0.2, 0.25) is 0 Å². The topological polar surface area (TPSA) is 133 Å². The fraction of sp³-hybridized carbons (Fsp3) is 0.250. The summed E-state index contributed by atoms with van der Waals surface area (Å²) in [5.74, 6) is -0.990. The summed E-state index contributed by atoms with van der Waals surface area (Å²) in [6.07, 6.45) is 1.45. The first-order valence-electron chi connectivity index (χ1n) is 5.02. The van der Waals surface area contributed by atoms with Crippen LogP contribution in [-0.4, -0.2) is 43.9 Å². The van der Waals surface area contributed by atoms with Crippen LogP contribution in [0.5, 0.6) is 0 Å². The van der Waals surface area contributed by atoms with Crippen molar-refractivity contribution in [3.8, 4) is 0 Å². The Hall–Kier alpha value is -1.20. The normalized spacial score (nSPS) is 12.4. The van der Waals surface area contributed by atoms with Crippen molar-refractivity contribution in [2.75, 3.05) is 0 Å². The number of carboxylic acid groups (broad SMARTS) is 1. The van der Waals surface area contributed by atoms with Crippen LogP contribution in [0.25, 0.3) is 4.13 Å². The average Bonchev–Trinajstić information content (AvgIpc) is 2.36. The predicted molar refractivity (Wildman–Crippen MR) is 64.5 cm³/mol. The van der Waals surface area contributed by atoms with Crippen LogP contribution in [0.3, 0.4) is 0 Å². The van der Waals surface area contributed by atoms with E-state index in [1.807, 2.05) is 0 Å². The number of aromatic nitrogens is 1. The molecular weight excluding hydrogens is 595 g/mol. The average molecular weight is 600 g/mol.